The topological polar surface area (TPSA) is 45.6 Å². The molecule has 0 radical (unpaired) electrons. The fraction of sp³-hybridized carbons (Fsp3) is 0.667. The molecule has 1 saturated heterocycles. The van der Waals surface area contributed by atoms with Crippen LogP contribution in [0.1, 0.15) is 38.4 Å². The van der Waals surface area contributed by atoms with Crippen LogP contribution >= 0.6 is 0 Å². The Morgan fingerprint density at radius 2 is 2.21 bits per heavy atom. The van der Waals surface area contributed by atoms with Crippen LogP contribution in [-0.4, -0.2) is 35.4 Å². The van der Waals surface area contributed by atoms with Gasteiger partial charge in [0.2, 0.25) is 0 Å². The van der Waals surface area contributed by atoms with Crippen molar-refractivity contribution in [2.45, 2.75) is 45.8 Å². The highest BCUT2D eigenvalue weighted by Crippen LogP contribution is 2.26. The quantitative estimate of drug-likeness (QED) is 0.905. The molecule has 1 aliphatic heterocycles. The van der Waals surface area contributed by atoms with Gasteiger partial charge in [0, 0.05) is 12.2 Å². The lowest BCUT2D eigenvalue weighted by Gasteiger charge is -2.43. The molecule has 0 unspecified atom stereocenters. The van der Waals surface area contributed by atoms with Crippen LogP contribution in [0.5, 0.6) is 0 Å². The van der Waals surface area contributed by atoms with Gasteiger partial charge < -0.3 is 14.7 Å². The Bertz CT molecular complexity index is 432. The molecule has 4 nitrogen and oxygen atoms in total. The zero-order valence-electron chi connectivity index (χ0n) is 12.1. The van der Waals surface area contributed by atoms with Crippen LogP contribution in [-0.2, 0) is 17.8 Å². The lowest BCUT2D eigenvalue weighted by atomic mass is 10.0. The summed E-state index contributed by atoms with van der Waals surface area (Å²) in [7, 11) is 0. The maximum Gasteiger partial charge on any atom is 0.129 e. The van der Waals surface area contributed by atoms with Crippen LogP contribution in [0.4, 0.5) is 5.82 Å². The SMILES string of the molecule is CCCc1cc(CO)cc(N2CCOCC2(C)C)n1. The van der Waals surface area contributed by atoms with Crippen molar-refractivity contribution in [2.75, 3.05) is 24.7 Å². The molecule has 0 bridgehead atoms. The predicted octanol–water partition coefficient (Wildman–Crippen LogP) is 2.14. The van der Waals surface area contributed by atoms with Crippen molar-refractivity contribution in [3.05, 3.63) is 23.4 Å². The molecule has 0 spiro atoms. The van der Waals surface area contributed by atoms with E-state index in [4.69, 9.17) is 9.72 Å². The zero-order chi connectivity index (χ0) is 13.9. The summed E-state index contributed by atoms with van der Waals surface area (Å²) in [6.45, 7) is 8.83. The monoisotopic (exact) mass is 264 g/mol. The zero-order valence-corrected chi connectivity index (χ0v) is 12.1. The lowest BCUT2D eigenvalue weighted by molar-refractivity contribution is 0.0639. The number of hydrogen-bond donors (Lipinski definition) is 1. The summed E-state index contributed by atoms with van der Waals surface area (Å²) >= 11 is 0. The Balaban J connectivity index is 2.34. The van der Waals surface area contributed by atoms with E-state index in [2.05, 4.69) is 25.7 Å². The van der Waals surface area contributed by atoms with E-state index in [1.165, 1.54) is 0 Å². The van der Waals surface area contributed by atoms with E-state index < -0.39 is 0 Å². The molecule has 2 rings (SSSR count). The number of nitrogens with zero attached hydrogens (tertiary/aromatic N) is 2. The van der Waals surface area contributed by atoms with Crippen molar-refractivity contribution in [1.29, 1.82) is 0 Å². The van der Waals surface area contributed by atoms with Crippen LogP contribution in [0.3, 0.4) is 0 Å². The van der Waals surface area contributed by atoms with E-state index in [-0.39, 0.29) is 12.1 Å². The second-order valence-corrected chi connectivity index (χ2v) is 5.75. The van der Waals surface area contributed by atoms with Gasteiger partial charge in [-0.05, 0) is 38.0 Å². The second kappa shape index (κ2) is 5.88. The maximum absolute atomic E-state index is 9.41. The molecular weight excluding hydrogens is 240 g/mol. The van der Waals surface area contributed by atoms with Crippen LogP contribution in [0, 0.1) is 0 Å². The van der Waals surface area contributed by atoms with E-state index >= 15 is 0 Å². The van der Waals surface area contributed by atoms with Gasteiger partial charge in [-0.3, -0.25) is 0 Å². The number of pyridine rings is 1. The van der Waals surface area contributed by atoms with E-state index in [9.17, 15) is 5.11 Å². The Kier molecular flexibility index (Phi) is 4.42. The van der Waals surface area contributed by atoms with Gasteiger partial charge in [-0.2, -0.15) is 0 Å². The number of aliphatic hydroxyl groups excluding tert-OH is 1. The number of aryl methyl sites for hydroxylation is 1. The fourth-order valence-electron chi connectivity index (χ4n) is 2.53. The number of rotatable bonds is 4. The van der Waals surface area contributed by atoms with Gasteiger partial charge in [0.25, 0.3) is 0 Å². The average molecular weight is 264 g/mol. The smallest absolute Gasteiger partial charge is 0.129 e. The number of ether oxygens (including phenoxy) is 1. The molecule has 1 aromatic rings. The summed E-state index contributed by atoms with van der Waals surface area (Å²) < 4.78 is 5.55. The molecule has 1 N–H and O–H groups in total. The molecule has 0 atom stereocenters. The van der Waals surface area contributed by atoms with E-state index in [1.807, 2.05) is 12.1 Å². The minimum Gasteiger partial charge on any atom is -0.392 e. The van der Waals surface area contributed by atoms with Gasteiger partial charge in [0.05, 0.1) is 25.4 Å². The molecule has 0 aliphatic carbocycles. The molecule has 1 fully saturated rings. The molecule has 1 aliphatic rings. The van der Waals surface area contributed by atoms with Crippen molar-refractivity contribution >= 4 is 5.82 Å². The second-order valence-electron chi connectivity index (χ2n) is 5.75. The van der Waals surface area contributed by atoms with E-state index in [1.54, 1.807) is 0 Å². The average Bonchev–Trinajstić information content (AvgIpc) is 2.38. The molecule has 2 heterocycles. The Morgan fingerprint density at radius 1 is 1.42 bits per heavy atom. The van der Waals surface area contributed by atoms with Gasteiger partial charge in [0.15, 0.2) is 0 Å². The normalized spacial score (nSPS) is 18.6. The maximum atomic E-state index is 9.41. The third-order valence-electron chi connectivity index (χ3n) is 3.54. The Morgan fingerprint density at radius 3 is 2.84 bits per heavy atom. The van der Waals surface area contributed by atoms with Gasteiger partial charge in [-0.15, -0.1) is 0 Å². The molecule has 106 valence electrons. The van der Waals surface area contributed by atoms with E-state index in [0.29, 0.717) is 6.61 Å². The van der Waals surface area contributed by atoms with Gasteiger partial charge in [0.1, 0.15) is 5.82 Å². The summed E-state index contributed by atoms with van der Waals surface area (Å²) in [5.74, 6) is 0.961. The number of aromatic nitrogens is 1. The van der Waals surface area contributed by atoms with Crippen molar-refractivity contribution in [2.24, 2.45) is 0 Å². The number of morpholine rings is 1. The van der Waals surface area contributed by atoms with Crippen molar-refractivity contribution in [3.63, 3.8) is 0 Å². The first-order valence-corrected chi connectivity index (χ1v) is 7.03. The first-order chi connectivity index (χ1) is 9.06. The number of aliphatic hydroxyl groups is 1. The summed E-state index contributed by atoms with van der Waals surface area (Å²) in [5, 5.41) is 9.41. The van der Waals surface area contributed by atoms with Crippen LogP contribution in [0.2, 0.25) is 0 Å². The third-order valence-corrected chi connectivity index (χ3v) is 3.54. The number of hydrogen-bond acceptors (Lipinski definition) is 4. The molecule has 4 heteroatoms. The Labute approximate surface area is 115 Å². The van der Waals surface area contributed by atoms with Crippen molar-refractivity contribution in [3.8, 4) is 0 Å². The van der Waals surface area contributed by atoms with Gasteiger partial charge >= 0.3 is 0 Å². The summed E-state index contributed by atoms with van der Waals surface area (Å²) in [5.41, 5.74) is 1.95. The van der Waals surface area contributed by atoms with Crippen molar-refractivity contribution < 1.29 is 9.84 Å². The van der Waals surface area contributed by atoms with Crippen LogP contribution < -0.4 is 4.90 Å². The largest absolute Gasteiger partial charge is 0.392 e. The molecule has 19 heavy (non-hydrogen) atoms. The minimum atomic E-state index is -0.0528. The highest BCUT2D eigenvalue weighted by molar-refractivity contribution is 5.46. The number of anilines is 1. The Hall–Kier alpha value is -1.13. The van der Waals surface area contributed by atoms with Gasteiger partial charge in [-0.1, -0.05) is 13.3 Å². The molecule has 0 aromatic carbocycles. The van der Waals surface area contributed by atoms with Crippen LogP contribution in [0.25, 0.3) is 0 Å². The molecule has 0 amide bonds. The highest BCUT2D eigenvalue weighted by Gasteiger charge is 2.31. The summed E-state index contributed by atoms with van der Waals surface area (Å²) in [6, 6.07) is 3.99. The first-order valence-electron chi connectivity index (χ1n) is 7.03. The standard InChI is InChI=1S/C15H24N2O2/c1-4-5-13-8-12(10-18)9-14(16-13)17-6-7-19-11-15(17,2)3/h8-9,18H,4-7,10-11H2,1-3H3. The van der Waals surface area contributed by atoms with Crippen LogP contribution in [0.15, 0.2) is 12.1 Å². The molecular formula is C15H24N2O2. The highest BCUT2D eigenvalue weighted by atomic mass is 16.5. The lowest BCUT2D eigenvalue weighted by Crippen LogP contribution is -2.53. The third kappa shape index (κ3) is 3.25. The molecule has 0 saturated carbocycles. The summed E-state index contributed by atoms with van der Waals surface area (Å²) in [6.07, 6.45) is 2.01. The fourth-order valence-corrected chi connectivity index (χ4v) is 2.53. The van der Waals surface area contributed by atoms with Gasteiger partial charge in [-0.25, -0.2) is 4.98 Å². The predicted molar refractivity (Wildman–Crippen MR) is 76.4 cm³/mol. The summed E-state index contributed by atoms with van der Waals surface area (Å²) in [4.78, 5) is 7.04. The molecule has 1 aromatic heterocycles. The minimum absolute atomic E-state index is 0.0528. The first kappa shape index (κ1) is 14.3. The van der Waals surface area contributed by atoms with E-state index in [0.717, 1.165) is 43.1 Å². The van der Waals surface area contributed by atoms with Crippen molar-refractivity contribution in [1.82, 2.24) is 4.98 Å².